The molecule has 0 unspecified atom stereocenters. The molecular formula is C20H21N3O4S2. The van der Waals surface area contributed by atoms with Crippen molar-refractivity contribution in [3.8, 4) is 0 Å². The lowest BCUT2D eigenvalue weighted by Gasteiger charge is -2.47. The smallest absolute Gasteiger partial charge is 0.264 e. The molecule has 5 rings (SSSR count). The van der Waals surface area contributed by atoms with Crippen molar-refractivity contribution in [2.75, 3.05) is 26.2 Å². The Balaban J connectivity index is 1.27. The molecule has 0 bridgehead atoms. The summed E-state index contributed by atoms with van der Waals surface area (Å²) >= 11 is 3.13. The molecule has 0 saturated carbocycles. The van der Waals surface area contributed by atoms with Crippen molar-refractivity contribution in [2.45, 2.75) is 29.5 Å². The second kappa shape index (κ2) is 7.53. The maximum Gasteiger partial charge on any atom is 0.264 e. The van der Waals surface area contributed by atoms with Crippen LogP contribution in [-0.2, 0) is 15.3 Å². The molecule has 3 fully saturated rings. The van der Waals surface area contributed by atoms with E-state index >= 15 is 0 Å². The van der Waals surface area contributed by atoms with E-state index in [0.29, 0.717) is 30.9 Å². The summed E-state index contributed by atoms with van der Waals surface area (Å²) in [5.41, 5.74) is 0. The minimum absolute atomic E-state index is 0.0268. The number of nitrogens with zero attached hydrogens (tertiary/aromatic N) is 3. The number of carbonyl (C=O) groups is 3. The van der Waals surface area contributed by atoms with Crippen LogP contribution < -0.4 is 0 Å². The third-order valence-corrected chi connectivity index (χ3v) is 7.96. The number of amides is 3. The van der Waals surface area contributed by atoms with E-state index in [1.54, 1.807) is 38.8 Å². The quantitative estimate of drug-likeness (QED) is 0.739. The van der Waals surface area contributed by atoms with Crippen LogP contribution in [0.25, 0.3) is 0 Å². The van der Waals surface area contributed by atoms with Gasteiger partial charge in [0.15, 0.2) is 0 Å². The molecule has 3 aliphatic rings. The Morgan fingerprint density at radius 1 is 1.10 bits per heavy atom. The number of carbonyl (C=O) groups excluding carboxylic acids is 3. The molecule has 29 heavy (non-hydrogen) atoms. The van der Waals surface area contributed by atoms with Crippen LogP contribution in [0.2, 0.25) is 0 Å². The predicted octanol–water partition coefficient (Wildman–Crippen LogP) is 1.91. The van der Waals surface area contributed by atoms with E-state index in [4.69, 9.17) is 4.42 Å². The number of rotatable bonds is 4. The SMILES string of the molecule is O=C(c1cccs1)N1CCN2C(=O)[C@@H]3C[C@H](SCc4ccco4)CN3C(=O)[C@H]2C1. The Bertz CT molecular complexity index is 914. The zero-order valence-corrected chi connectivity index (χ0v) is 17.4. The predicted molar refractivity (Wildman–Crippen MR) is 110 cm³/mol. The number of thioether (sulfide) groups is 1. The molecule has 0 aliphatic carbocycles. The summed E-state index contributed by atoms with van der Waals surface area (Å²) in [5.74, 6) is 1.57. The van der Waals surface area contributed by atoms with Crippen LogP contribution in [0.1, 0.15) is 21.9 Å². The van der Waals surface area contributed by atoms with Crippen molar-refractivity contribution >= 4 is 40.8 Å². The van der Waals surface area contributed by atoms with Crippen molar-refractivity contribution in [3.05, 3.63) is 46.5 Å². The molecule has 3 saturated heterocycles. The highest BCUT2D eigenvalue weighted by Crippen LogP contribution is 2.35. The van der Waals surface area contributed by atoms with Crippen LogP contribution in [0.4, 0.5) is 0 Å². The van der Waals surface area contributed by atoms with Gasteiger partial charge in [-0.25, -0.2) is 0 Å². The van der Waals surface area contributed by atoms with E-state index < -0.39 is 6.04 Å². The first-order valence-corrected chi connectivity index (χ1v) is 11.6. The van der Waals surface area contributed by atoms with Crippen LogP contribution >= 0.6 is 23.1 Å². The Hall–Kier alpha value is -2.26. The Morgan fingerprint density at radius 2 is 1.97 bits per heavy atom. The topological polar surface area (TPSA) is 74.1 Å². The largest absolute Gasteiger partial charge is 0.468 e. The summed E-state index contributed by atoms with van der Waals surface area (Å²) in [6, 6.07) is 6.51. The normalized spacial score (nSPS) is 26.6. The third kappa shape index (κ3) is 3.36. The molecule has 2 aromatic heterocycles. The molecule has 152 valence electrons. The fourth-order valence-electron chi connectivity index (χ4n) is 4.37. The highest BCUT2D eigenvalue weighted by atomic mass is 32.2. The van der Waals surface area contributed by atoms with Gasteiger partial charge in [0.1, 0.15) is 17.8 Å². The molecule has 5 heterocycles. The fourth-order valence-corrected chi connectivity index (χ4v) is 6.21. The van der Waals surface area contributed by atoms with Crippen LogP contribution in [-0.4, -0.2) is 75.9 Å². The van der Waals surface area contributed by atoms with Gasteiger partial charge in [0.25, 0.3) is 5.91 Å². The van der Waals surface area contributed by atoms with Gasteiger partial charge in [-0.3, -0.25) is 14.4 Å². The number of thiophene rings is 1. The van der Waals surface area contributed by atoms with Gasteiger partial charge >= 0.3 is 0 Å². The lowest BCUT2D eigenvalue weighted by atomic mass is 10.0. The van der Waals surface area contributed by atoms with Gasteiger partial charge in [-0.1, -0.05) is 6.07 Å². The average Bonchev–Trinajstić information content (AvgIpc) is 3.50. The first kappa shape index (κ1) is 18.7. The highest BCUT2D eigenvalue weighted by molar-refractivity contribution is 7.99. The molecule has 3 atom stereocenters. The van der Waals surface area contributed by atoms with Gasteiger partial charge in [0, 0.05) is 24.9 Å². The number of hydrogen-bond donors (Lipinski definition) is 0. The third-order valence-electron chi connectivity index (χ3n) is 5.84. The van der Waals surface area contributed by atoms with E-state index in [-0.39, 0.29) is 35.6 Å². The summed E-state index contributed by atoms with van der Waals surface area (Å²) in [7, 11) is 0. The number of furan rings is 1. The number of fused-ring (bicyclic) bond motifs is 2. The maximum atomic E-state index is 13.2. The molecular weight excluding hydrogens is 410 g/mol. The molecule has 2 aromatic rings. The van der Waals surface area contributed by atoms with E-state index in [1.807, 2.05) is 23.6 Å². The van der Waals surface area contributed by atoms with Crippen LogP contribution in [0.3, 0.4) is 0 Å². The van der Waals surface area contributed by atoms with Crippen LogP contribution in [0.5, 0.6) is 0 Å². The highest BCUT2D eigenvalue weighted by Gasteiger charge is 2.52. The molecule has 0 N–H and O–H groups in total. The van der Waals surface area contributed by atoms with Gasteiger partial charge in [-0.05, 0) is 30.0 Å². The van der Waals surface area contributed by atoms with Crippen molar-refractivity contribution in [2.24, 2.45) is 0 Å². The summed E-state index contributed by atoms with van der Waals surface area (Å²) < 4.78 is 5.38. The van der Waals surface area contributed by atoms with E-state index in [0.717, 1.165) is 11.5 Å². The summed E-state index contributed by atoms with van der Waals surface area (Å²) in [6.07, 6.45) is 2.33. The Labute approximate surface area is 176 Å². The summed E-state index contributed by atoms with van der Waals surface area (Å²) in [6.45, 7) is 1.73. The summed E-state index contributed by atoms with van der Waals surface area (Å²) in [5, 5.41) is 2.08. The number of hydrogen-bond acceptors (Lipinski definition) is 6. The summed E-state index contributed by atoms with van der Waals surface area (Å²) in [4.78, 5) is 44.8. The van der Waals surface area contributed by atoms with Crippen molar-refractivity contribution in [1.29, 1.82) is 0 Å². The molecule has 0 radical (unpaired) electrons. The molecule has 0 aromatic carbocycles. The monoisotopic (exact) mass is 431 g/mol. The second-order valence-corrected chi connectivity index (χ2v) is 9.77. The lowest BCUT2D eigenvalue weighted by molar-refractivity contribution is -0.162. The van der Waals surface area contributed by atoms with Crippen molar-refractivity contribution < 1.29 is 18.8 Å². The first-order valence-electron chi connectivity index (χ1n) is 9.69. The van der Waals surface area contributed by atoms with Crippen LogP contribution in [0.15, 0.2) is 40.3 Å². The first-order chi connectivity index (χ1) is 14.1. The Kier molecular flexibility index (Phi) is 4.87. The van der Waals surface area contributed by atoms with Crippen molar-refractivity contribution in [1.82, 2.24) is 14.7 Å². The molecule has 7 nitrogen and oxygen atoms in total. The van der Waals surface area contributed by atoms with E-state index in [2.05, 4.69) is 0 Å². The Morgan fingerprint density at radius 3 is 2.72 bits per heavy atom. The van der Waals surface area contributed by atoms with Gasteiger partial charge < -0.3 is 19.1 Å². The standard InChI is InChI=1S/C20H21N3O4S2/c24-18-15-9-14(29-12-13-3-1-7-27-13)10-23(15)19(25)16-11-21(5-6-22(16)18)20(26)17-4-2-8-28-17/h1-4,7-8,14-16H,5-6,9-12H2/t14-,15-,16+/m0/s1. The number of piperazine rings is 2. The van der Waals surface area contributed by atoms with Gasteiger partial charge in [0.05, 0.1) is 23.4 Å². The molecule has 0 spiro atoms. The minimum atomic E-state index is -0.565. The van der Waals surface area contributed by atoms with Gasteiger partial charge in [0.2, 0.25) is 11.8 Å². The maximum absolute atomic E-state index is 13.2. The van der Waals surface area contributed by atoms with Crippen LogP contribution in [0, 0.1) is 0 Å². The zero-order valence-electron chi connectivity index (χ0n) is 15.7. The van der Waals surface area contributed by atoms with E-state index in [9.17, 15) is 14.4 Å². The molecule has 3 aliphatic heterocycles. The lowest BCUT2D eigenvalue weighted by Crippen LogP contribution is -2.69. The zero-order chi connectivity index (χ0) is 20.0. The fraction of sp³-hybridized carbons (Fsp3) is 0.450. The minimum Gasteiger partial charge on any atom is -0.468 e. The van der Waals surface area contributed by atoms with Gasteiger partial charge in [-0.2, -0.15) is 0 Å². The molecule has 9 heteroatoms. The average molecular weight is 432 g/mol. The van der Waals surface area contributed by atoms with Crippen molar-refractivity contribution in [3.63, 3.8) is 0 Å². The molecule has 3 amide bonds. The second-order valence-electron chi connectivity index (χ2n) is 7.53. The van der Waals surface area contributed by atoms with Gasteiger partial charge in [-0.15, -0.1) is 23.1 Å². The van der Waals surface area contributed by atoms with E-state index in [1.165, 1.54) is 11.3 Å².